The fourth-order valence-electron chi connectivity index (χ4n) is 1.70. The summed E-state index contributed by atoms with van der Waals surface area (Å²) in [6.45, 7) is 4.78. The SMILES string of the molecule is CCc1cnc(CNC(C)c2ccc(Cl)cc2)o1. The van der Waals surface area contributed by atoms with E-state index >= 15 is 0 Å². The zero-order valence-corrected chi connectivity index (χ0v) is 11.4. The molecule has 3 nitrogen and oxygen atoms in total. The van der Waals surface area contributed by atoms with E-state index < -0.39 is 0 Å². The Labute approximate surface area is 112 Å². The van der Waals surface area contributed by atoms with Crippen LogP contribution in [0.2, 0.25) is 5.02 Å². The van der Waals surface area contributed by atoms with Crippen molar-refractivity contribution in [2.75, 3.05) is 0 Å². The smallest absolute Gasteiger partial charge is 0.208 e. The molecule has 0 amide bonds. The number of benzene rings is 1. The number of halogens is 1. The van der Waals surface area contributed by atoms with E-state index in [1.807, 2.05) is 31.2 Å². The Bertz CT molecular complexity index is 493. The van der Waals surface area contributed by atoms with Crippen LogP contribution in [-0.2, 0) is 13.0 Å². The minimum absolute atomic E-state index is 0.235. The highest BCUT2D eigenvalue weighted by atomic mass is 35.5. The van der Waals surface area contributed by atoms with Gasteiger partial charge >= 0.3 is 0 Å². The molecule has 1 aromatic heterocycles. The summed E-state index contributed by atoms with van der Waals surface area (Å²) in [6, 6.07) is 8.07. The van der Waals surface area contributed by atoms with E-state index in [4.69, 9.17) is 16.0 Å². The van der Waals surface area contributed by atoms with E-state index in [0.717, 1.165) is 23.1 Å². The molecule has 1 atom stereocenters. The van der Waals surface area contributed by atoms with Crippen molar-refractivity contribution in [2.24, 2.45) is 0 Å². The zero-order valence-electron chi connectivity index (χ0n) is 10.6. The van der Waals surface area contributed by atoms with Gasteiger partial charge in [0.2, 0.25) is 5.89 Å². The van der Waals surface area contributed by atoms with Crippen LogP contribution in [0.4, 0.5) is 0 Å². The van der Waals surface area contributed by atoms with E-state index in [1.165, 1.54) is 5.56 Å². The minimum atomic E-state index is 0.235. The number of oxazole rings is 1. The maximum atomic E-state index is 5.86. The van der Waals surface area contributed by atoms with Gasteiger partial charge in [0, 0.05) is 17.5 Å². The van der Waals surface area contributed by atoms with E-state index in [0.29, 0.717) is 6.54 Å². The highest BCUT2D eigenvalue weighted by molar-refractivity contribution is 6.30. The molecule has 2 aromatic rings. The Balaban J connectivity index is 1.91. The van der Waals surface area contributed by atoms with E-state index in [1.54, 1.807) is 6.20 Å². The third-order valence-corrected chi connectivity index (χ3v) is 3.13. The van der Waals surface area contributed by atoms with Gasteiger partial charge in [-0.1, -0.05) is 30.7 Å². The second-order valence-electron chi connectivity index (χ2n) is 4.23. The first-order chi connectivity index (χ1) is 8.69. The van der Waals surface area contributed by atoms with Crippen LogP contribution in [0.15, 0.2) is 34.9 Å². The van der Waals surface area contributed by atoms with Crippen LogP contribution in [0.3, 0.4) is 0 Å². The lowest BCUT2D eigenvalue weighted by atomic mass is 10.1. The van der Waals surface area contributed by atoms with Crippen molar-refractivity contribution in [1.29, 1.82) is 0 Å². The number of nitrogens with one attached hydrogen (secondary N) is 1. The molecular formula is C14H17ClN2O. The minimum Gasteiger partial charge on any atom is -0.444 e. The summed E-state index contributed by atoms with van der Waals surface area (Å²) in [5, 5.41) is 4.13. The normalized spacial score (nSPS) is 12.6. The summed E-state index contributed by atoms with van der Waals surface area (Å²) in [5.74, 6) is 1.65. The predicted molar refractivity (Wildman–Crippen MR) is 72.6 cm³/mol. The maximum Gasteiger partial charge on any atom is 0.208 e. The van der Waals surface area contributed by atoms with Crippen molar-refractivity contribution < 1.29 is 4.42 Å². The summed E-state index contributed by atoms with van der Waals surface area (Å²) >= 11 is 5.86. The Morgan fingerprint density at radius 1 is 1.33 bits per heavy atom. The van der Waals surface area contributed by atoms with Gasteiger partial charge in [0.05, 0.1) is 12.7 Å². The molecule has 0 saturated carbocycles. The van der Waals surface area contributed by atoms with E-state index in [2.05, 4.69) is 17.2 Å². The van der Waals surface area contributed by atoms with Gasteiger partial charge in [-0.15, -0.1) is 0 Å². The van der Waals surface area contributed by atoms with Crippen LogP contribution in [-0.4, -0.2) is 4.98 Å². The summed E-state index contributed by atoms with van der Waals surface area (Å²) < 4.78 is 5.54. The van der Waals surface area contributed by atoms with Gasteiger partial charge in [0.1, 0.15) is 5.76 Å². The molecule has 1 N–H and O–H groups in total. The topological polar surface area (TPSA) is 38.1 Å². The monoisotopic (exact) mass is 264 g/mol. The first-order valence-electron chi connectivity index (χ1n) is 6.11. The molecular weight excluding hydrogens is 248 g/mol. The summed E-state index contributed by atoms with van der Waals surface area (Å²) in [7, 11) is 0. The van der Waals surface area contributed by atoms with Gasteiger partial charge < -0.3 is 9.73 Å². The lowest BCUT2D eigenvalue weighted by Crippen LogP contribution is -2.18. The molecule has 0 fully saturated rings. The van der Waals surface area contributed by atoms with Crippen LogP contribution >= 0.6 is 11.6 Å². The highest BCUT2D eigenvalue weighted by Crippen LogP contribution is 2.16. The molecule has 18 heavy (non-hydrogen) atoms. The number of hydrogen-bond acceptors (Lipinski definition) is 3. The fourth-order valence-corrected chi connectivity index (χ4v) is 1.83. The van der Waals surface area contributed by atoms with Gasteiger partial charge in [-0.25, -0.2) is 4.98 Å². The summed E-state index contributed by atoms with van der Waals surface area (Å²) in [5.41, 5.74) is 1.20. The molecule has 0 bridgehead atoms. The molecule has 0 aliphatic rings. The molecule has 0 aliphatic heterocycles. The molecule has 1 unspecified atom stereocenters. The Kier molecular flexibility index (Phi) is 4.39. The average molecular weight is 265 g/mol. The van der Waals surface area contributed by atoms with Crippen molar-refractivity contribution in [3.8, 4) is 0 Å². The molecule has 0 radical (unpaired) electrons. The fraction of sp³-hybridized carbons (Fsp3) is 0.357. The molecule has 0 aliphatic carbocycles. The largest absolute Gasteiger partial charge is 0.444 e. The maximum absolute atomic E-state index is 5.86. The number of hydrogen-bond donors (Lipinski definition) is 1. The summed E-state index contributed by atoms with van der Waals surface area (Å²) in [4.78, 5) is 4.22. The Morgan fingerprint density at radius 2 is 2.06 bits per heavy atom. The van der Waals surface area contributed by atoms with Crippen molar-refractivity contribution >= 4 is 11.6 Å². The second kappa shape index (κ2) is 6.03. The van der Waals surface area contributed by atoms with Crippen molar-refractivity contribution in [2.45, 2.75) is 32.9 Å². The average Bonchev–Trinajstić information content (AvgIpc) is 2.85. The van der Waals surface area contributed by atoms with Crippen LogP contribution < -0.4 is 5.32 Å². The van der Waals surface area contributed by atoms with E-state index in [-0.39, 0.29) is 6.04 Å². The zero-order chi connectivity index (χ0) is 13.0. The first kappa shape index (κ1) is 13.1. The van der Waals surface area contributed by atoms with E-state index in [9.17, 15) is 0 Å². The van der Waals surface area contributed by atoms with Gasteiger partial charge in [-0.3, -0.25) is 0 Å². The predicted octanol–water partition coefficient (Wildman–Crippen LogP) is 3.74. The molecule has 96 valence electrons. The molecule has 1 heterocycles. The number of nitrogens with zero attached hydrogens (tertiary/aromatic N) is 1. The number of rotatable bonds is 5. The summed E-state index contributed by atoms with van der Waals surface area (Å²) in [6.07, 6.45) is 2.66. The number of aryl methyl sites for hydroxylation is 1. The molecule has 0 spiro atoms. The van der Waals surface area contributed by atoms with Gasteiger partial charge in [-0.2, -0.15) is 0 Å². The Morgan fingerprint density at radius 3 is 2.67 bits per heavy atom. The van der Waals surface area contributed by atoms with Crippen LogP contribution in [0.1, 0.15) is 37.1 Å². The Hall–Kier alpha value is -1.32. The second-order valence-corrected chi connectivity index (χ2v) is 4.66. The third kappa shape index (κ3) is 3.34. The van der Waals surface area contributed by atoms with Crippen molar-refractivity contribution in [3.63, 3.8) is 0 Å². The van der Waals surface area contributed by atoms with Crippen LogP contribution in [0.25, 0.3) is 0 Å². The third-order valence-electron chi connectivity index (χ3n) is 2.88. The van der Waals surface area contributed by atoms with Crippen molar-refractivity contribution in [3.05, 3.63) is 52.7 Å². The van der Waals surface area contributed by atoms with Crippen LogP contribution in [0.5, 0.6) is 0 Å². The first-order valence-corrected chi connectivity index (χ1v) is 6.49. The van der Waals surface area contributed by atoms with Gasteiger partial charge in [0.25, 0.3) is 0 Å². The quantitative estimate of drug-likeness (QED) is 0.894. The lowest BCUT2D eigenvalue weighted by Gasteiger charge is -2.12. The van der Waals surface area contributed by atoms with Crippen LogP contribution in [0, 0.1) is 0 Å². The standard InChI is InChI=1S/C14H17ClN2O/c1-3-13-8-17-14(18-13)9-16-10(2)11-4-6-12(15)7-5-11/h4-8,10,16H,3,9H2,1-2H3. The molecule has 0 saturated heterocycles. The van der Waals surface area contributed by atoms with Gasteiger partial charge in [0.15, 0.2) is 0 Å². The molecule has 2 rings (SSSR count). The molecule has 4 heteroatoms. The molecule has 1 aromatic carbocycles. The number of aromatic nitrogens is 1. The highest BCUT2D eigenvalue weighted by Gasteiger charge is 2.07. The van der Waals surface area contributed by atoms with Gasteiger partial charge in [-0.05, 0) is 24.6 Å². The lowest BCUT2D eigenvalue weighted by molar-refractivity contribution is 0.424. The van der Waals surface area contributed by atoms with Crippen molar-refractivity contribution in [1.82, 2.24) is 10.3 Å².